The first-order valence-electron chi connectivity index (χ1n) is 12.5. The van der Waals surface area contributed by atoms with E-state index in [1.165, 1.54) is 17.0 Å². The van der Waals surface area contributed by atoms with Crippen LogP contribution in [0, 0.1) is 5.92 Å². The Morgan fingerprint density at radius 2 is 1.88 bits per heavy atom. The minimum absolute atomic E-state index is 0.0284. The van der Waals surface area contributed by atoms with E-state index in [1.807, 2.05) is 0 Å². The zero-order valence-electron chi connectivity index (χ0n) is 22.1. The molecular formula is C25H31ClF5N3O5S. The number of ether oxygens (including phenoxy) is 1. The van der Waals surface area contributed by atoms with E-state index < -0.39 is 51.6 Å². The number of amides is 1. The van der Waals surface area contributed by atoms with Gasteiger partial charge >= 0.3 is 12.8 Å². The molecule has 0 unspecified atom stereocenters. The molecule has 0 radical (unpaired) electrons. The topological polar surface area (TPSA) is 111 Å². The minimum Gasteiger partial charge on any atom is -0.434 e. The molecule has 1 aromatic heterocycles. The van der Waals surface area contributed by atoms with Gasteiger partial charge in [0.15, 0.2) is 5.69 Å². The molecule has 0 spiro atoms. The Bertz CT molecular complexity index is 1320. The average molecular weight is 616 g/mol. The third-order valence-corrected chi connectivity index (χ3v) is 9.02. The molecule has 2 N–H and O–H groups in total. The number of hydrogen-bond acceptors (Lipinski definition) is 6. The third-order valence-electron chi connectivity index (χ3n) is 6.98. The number of carbonyl (C=O) groups is 1. The Morgan fingerprint density at radius 3 is 2.40 bits per heavy atom. The van der Waals surface area contributed by atoms with E-state index in [2.05, 4.69) is 15.2 Å². The lowest BCUT2D eigenvalue weighted by Crippen LogP contribution is -2.34. The van der Waals surface area contributed by atoms with Crippen molar-refractivity contribution < 1.29 is 45.0 Å². The van der Waals surface area contributed by atoms with E-state index in [0.29, 0.717) is 25.7 Å². The maximum Gasteiger partial charge on any atom is 0.392 e. The highest BCUT2D eigenvalue weighted by atomic mass is 35.5. The van der Waals surface area contributed by atoms with Gasteiger partial charge in [-0.15, -0.1) is 0 Å². The van der Waals surface area contributed by atoms with Crippen LogP contribution in [0.15, 0.2) is 18.2 Å². The number of hydrogen-bond donors (Lipinski definition) is 2. The second kappa shape index (κ2) is 12.2. The lowest BCUT2D eigenvalue weighted by Gasteiger charge is -2.27. The van der Waals surface area contributed by atoms with Gasteiger partial charge in [0.05, 0.1) is 28.0 Å². The number of alkyl halides is 5. The molecule has 0 saturated heterocycles. The Kier molecular flexibility index (Phi) is 9.78. The van der Waals surface area contributed by atoms with Crippen molar-refractivity contribution in [3.63, 3.8) is 0 Å². The van der Waals surface area contributed by atoms with E-state index >= 15 is 0 Å². The van der Waals surface area contributed by atoms with Gasteiger partial charge in [-0.25, -0.2) is 8.42 Å². The minimum atomic E-state index is -4.73. The Morgan fingerprint density at radius 1 is 1.25 bits per heavy atom. The lowest BCUT2D eigenvalue weighted by atomic mass is 9.89. The van der Waals surface area contributed by atoms with Crippen LogP contribution in [0.1, 0.15) is 62.0 Å². The summed E-state index contributed by atoms with van der Waals surface area (Å²) in [6.45, 7) is -0.382. The standard InChI is InChI=1S/C25H31ClF5N3O5S/c1-4-34-21(17-10-7-15(11-18(17)39-23(27)28)24(2,36)13-25(29,30)31)19(26)20(33-34)22(35)32-12-14-5-8-16(9-6-14)40(3,37)38/h7,10-11,14,16,23,36H,4-6,8-9,12-13H2,1-3H3,(H,32,35)/t14?,16?,24-/m1/s1. The van der Waals surface area contributed by atoms with Crippen molar-refractivity contribution in [2.75, 3.05) is 12.8 Å². The van der Waals surface area contributed by atoms with Gasteiger partial charge in [0.25, 0.3) is 5.91 Å². The molecule has 0 bridgehead atoms. The van der Waals surface area contributed by atoms with Crippen LogP contribution in [0.3, 0.4) is 0 Å². The van der Waals surface area contributed by atoms with Crippen molar-refractivity contribution in [1.29, 1.82) is 0 Å². The molecule has 40 heavy (non-hydrogen) atoms. The Balaban J connectivity index is 1.88. The Labute approximate surface area is 233 Å². The van der Waals surface area contributed by atoms with Crippen LogP contribution in [0.25, 0.3) is 11.3 Å². The van der Waals surface area contributed by atoms with Gasteiger partial charge in [0, 0.05) is 24.9 Å². The van der Waals surface area contributed by atoms with Crippen LogP contribution >= 0.6 is 11.6 Å². The van der Waals surface area contributed by atoms with Gasteiger partial charge in [-0.05, 0) is 63.1 Å². The zero-order valence-corrected chi connectivity index (χ0v) is 23.6. The van der Waals surface area contributed by atoms with Crippen molar-refractivity contribution in [2.45, 2.75) is 76.1 Å². The summed E-state index contributed by atoms with van der Waals surface area (Å²) in [5.74, 6) is -1.14. The number of carbonyl (C=O) groups excluding carboxylic acids is 1. The fourth-order valence-corrected chi connectivity index (χ4v) is 6.35. The quantitative estimate of drug-likeness (QED) is 0.350. The molecule has 3 rings (SSSR count). The van der Waals surface area contributed by atoms with Crippen LogP contribution < -0.4 is 10.1 Å². The second-order valence-corrected chi connectivity index (χ2v) is 12.9. The number of rotatable bonds is 10. The molecule has 1 aromatic carbocycles. The number of benzene rings is 1. The van der Waals surface area contributed by atoms with Gasteiger partial charge in [-0.1, -0.05) is 17.7 Å². The van der Waals surface area contributed by atoms with E-state index in [-0.39, 0.29) is 46.5 Å². The van der Waals surface area contributed by atoms with Crippen LogP contribution in [-0.4, -0.2) is 60.1 Å². The van der Waals surface area contributed by atoms with Crippen molar-refractivity contribution >= 4 is 27.3 Å². The van der Waals surface area contributed by atoms with E-state index in [0.717, 1.165) is 19.1 Å². The number of nitrogens with zero attached hydrogens (tertiary/aromatic N) is 2. The van der Waals surface area contributed by atoms with Crippen LogP contribution in [-0.2, 0) is 22.0 Å². The summed E-state index contributed by atoms with van der Waals surface area (Å²) in [5, 5.41) is 16.8. The molecule has 1 amide bonds. The molecule has 2 aromatic rings. The van der Waals surface area contributed by atoms with Gasteiger partial charge in [-0.3, -0.25) is 9.48 Å². The molecule has 1 saturated carbocycles. The van der Waals surface area contributed by atoms with E-state index in [4.69, 9.17) is 11.6 Å². The number of sulfone groups is 1. The highest BCUT2D eigenvalue weighted by Crippen LogP contribution is 2.42. The van der Waals surface area contributed by atoms with Crippen molar-refractivity contribution in [3.8, 4) is 17.0 Å². The molecule has 224 valence electrons. The summed E-state index contributed by atoms with van der Waals surface area (Å²) < 4.78 is 94.8. The summed E-state index contributed by atoms with van der Waals surface area (Å²) >= 11 is 6.50. The maximum absolute atomic E-state index is 13.3. The largest absolute Gasteiger partial charge is 0.434 e. The van der Waals surface area contributed by atoms with Crippen molar-refractivity contribution in [2.24, 2.45) is 5.92 Å². The average Bonchev–Trinajstić information content (AvgIpc) is 3.16. The first-order valence-corrected chi connectivity index (χ1v) is 14.9. The summed E-state index contributed by atoms with van der Waals surface area (Å²) in [6, 6.07) is 3.19. The summed E-state index contributed by atoms with van der Waals surface area (Å²) in [6.07, 6.45) is -2.94. The molecule has 15 heteroatoms. The number of nitrogens with one attached hydrogen (secondary N) is 1. The van der Waals surface area contributed by atoms with Gasteiger partial charge < -0.3 is 15.2 Å². The molecule has 1 heterocycles. The predicted octanol–water partition coefficient (Wildman–Crippen LogP) is 5.32. The van der Waals surface area contributed by atoms with Crippen LogP contribution in [0.5, 0.6) is 5.75 Å². The number of halogens is 6. The molecule has 1 aliphatic rings. The molecule has 1 aliphatic carbocycles. The third kappa shape index (κ3) is 7.84. The number of aromatic nitrogens is 2. The zero-order chi connectivity index (χ0) is 30.0. The number of aryl methyl sites for hydroxylation is 1. The first kappa shape index (κ1) is 32.1. The molecule has 1 atom stereocenters. The number of aliphatic hydroxyl groups is 1. The van der Waals surface area contributed by atoms with E-state index in [9.17, 15) is 40.3 Å². The van der Waals surface area contributed by atoms with Crippen LogP contribution in [0.2, 0.25) is 5.02 Å². The fourth-order valence-electron chi connectivity index (χ4n) is 4.89. The van der Waals surface area contributed by atoms with Crippen molar-refractivity contribution in [3.05, 3.63) is 34.5 Å². The fraction of sp³-hybridized carbons (Fsp3) is 0.600. The van der Waals surface area contributed by atoms with Gasteiger partial charge in [0.2, 0.25) is 0 Å². The summed E-state index contributed by atoms with van der Waals surface area (Å²) in [5.41, 5.74) is -2.98. The normalized spacial score (nSPS) is 19.9. The highest BCUT2D eigenvalue weighted by molar-refractivity contribution is 7.91. The smallest absolute Gasteiger partial charge is 0.392 e. The molecule has 8 nitrogen and oxygen atoms in total. The van der Waals surface area contributed by atoms with Crippen molar-refractivity contribution in [1.82, 2.24) is 15.1 Å². The van der Waals surface area contributed by atoms with E-state index in [1.54, 1.807) is 6.92 Å². The van der Waals surface area contributed by atoms with Gasteiger partial charge in [0.1, 0.15) is 15.6 Å². The monoisotopic (exact) mass is 615 g/mol. The molecule has 1 fully saturated rings. The van der Waals surface area contributed by atoms with Crippen LogP contribution in [0.4, 0.5) is 22.0 Å². The maximum atomic E-state index is 13.3. The molecular weight excluding hydrogens is 585 g/mol. The summed E-state index contributed by atoms with van der Waals surface area (Å²) in [4.78, 5) is 13.0. The SMILES string of the molecule is CCn1nc(C(=O)NCC2CCC(S(C)(=O)=O)CC2)c(Cl)c1-c1ccc([C@](C)(O)CC(F)(F)F)cc1OC(F)F. The van der Waals surface area contributed by atoms with Gasteiger partial charge in [-0.2, -0.15) is 27.1 Å². The first-order chi connectivity index (χ1) is 18.4. The predicted molar refractivity (Wildman–Crippen MR) is 138 cm³/mol. The lowest BCUT2D eigenvalue weighted by molar-refractivity contribution is -0.174. The highest BCUT2D eigenvalue weighted by Gasteiger charge is 2.40. The Hall–Kier alpha value is -2.45. The summed E-state index contributed by atoms with van der Waals surface area (Å²) in [7, 11) is -3.13. The molecule has 0 aliphatic heterocycles. The second-order valence-electron chi connectivity index (χ2n) is 10.2.